The first-order valence-corrected chi connectivity index (χ1v) is 8.08. The Morgan fingerprint density at radius 2 is 2.00 bits per heavy atom. The van der Waals surface area contributed by atoms with E-state index in [-0.39, 0.29) is 17.9 Å². The van der Waals surface area contributed by atoms with Crippen molar-refractivity contribution in [3.8, 4) is 0 Å². The summed E-state index contributed by atoms with van der Waals surface area (Å²) in [4.78, 5) is 26.4. The summed E-state index contributed by atoms with van der Waals surface area (Å²) in [6.07, 6.45) is 0. The van der Waals surface area contributed by atoms with Gasteiger partial charge in [-0.15, -0.1) is 16.4 Å². The Morgan fingerprint density at radius 1 is 1.35 bits per heavy atom. The number of anilines is 1. The van der Waals surface area contributed by atoms with Gasteiger partial charge in [-0.05, 0) is 26.3 Å². The average molecular weight is 335 g/mol. The van der Waals surface area contributed by atoms with E-state index in [1.54, 1.807) is 11.9 Å². The number of hydrogen-bond acceptors (Lipinski definition) is 6. The van der Waals surface area contributed by atoms with E-state index >= 15 is 0 Å². The highest BCUT2D eigenvalue weighted by atomic mass is 32.1. The third-order valence-corrected chi connectivity index (χ3v) is 4.75. The molecular weight excluding hydrogens is 314 g/mol. The van der Waals surface area contributed by atoms with Gasteiger partial charge in [0.15, 0.2) is 0 Å². The van der Waals surface area contributed by atoms with Gasteiger partial charge in [0.05, 0.1) is 11.4 Å². The molecule has 0 aliphatic heterocycles. The predicted molar refractivity (Wildman–Crippen MR) is 91.5 cm³/mol. The first-order valence-electron chi connectivity index (χ1n) is 7.26. The van der Waals surface area contributed by atoms with Crippen LogP contribution in [0.2, 0.25) is 0 Å². The van der Waals surface area contributed by atoms with Crippen molar-refractivity contribution in [2.24, 2.45) is 0 Å². The largest absolute Gasteiger partial charge is 0.397 e. The van der Waals surface area contributed by atoms with E-state index in [9.17, 15) is 9.59 Å². The minimum absolute atomic E-state index is 0.124. The highest BCUT2D eigenvalue weighted by Crippen LogP contribution is 2.35. The number of amides is 2. The van der Waals surface area contributed by atoms with Crippen LogP contribution < -0.4 is 11.1 Å². The number of nitrogen functional groups attached to an aromatic ring is 1. The van der Waals surface area contributed by atoms with Gasteiger partial charge in [-0.1, -0.05) is 0 Å². The number of hydrogen-bond donors (Lipinski definition) is 2. The van der Waals surface area contributed by atoms with Gasteiger partial charge >= 0.3 is 0 Å². The molecular formula is C15H21N5O2S. The lowest BCUT2D eigenvalue weighted by molar-refractivity contribution is -0.119. The van der Waals surface area contributed by atoms with Gasteiger partial charge in [-0.3, -0.25) is 9.59 Å². The maximum absolute atomic E-state index is 12.6. The van der Waals surface area contributed by atoms with Gasteiger partial charge in [0.1, 0.15) is 9.71 Å². The van der Waals surface area contributed by atoms with Crippen molar-refractivity contribution in [1.29, 1.82) is 0 Å². The molecule has 3 N–H and O–H groups in total. The quantitative estimate of drug-likeness (QED) is 0.881. The Bertz CT molecular complexity index is 771. The lowest BCUT2D eigenvalue weighted by Gasteiger charge is -2.21. The molecule has 0 saturated heterocycles. The summed E-state index contributed by atoms with van der Waals surface area (Å²) in [7, 11) is 1.69. The van der Waals surface area contributed by atoms with Gasteiger partial charge in [0.2, 0.25) is 5.91 Å². The molecule has 0 saturated carbocycles. The van der Waals surface area contributed by atoms with Crippen LogP contribution in [-0.2, 0) is 4.79 Å². The number of aromatic nitrogens is 2. The minimum atomic E-state index is -0.181. The fourth-order valence-electron chi connectivity index (χ4n) is 2.46. The van der Waals surface area contributed by atoms with Crippen molar-refractivity contribution in [2.45, 2.75) is 33.7 Å². The summed E-state index contributed by atoms with van der Waals surface area (Å²) >= 11 is 1.25. The highest BCUT2D eigenvalue weighted by molar-refractivity contribution is 7.21. The Balaban J connectivity index is 2.29. The van der Waals surface area contributed by atoms with E-state index in [4.69, 9.17) is 5.73 Å². The maximum Gasteiger partial charge on any atom is 0.265 e. The van der Waals surface area contributed by atoms with E-state index in [1.807, 2.05) is 20.8 Å². The summed E-state index contributed by atoms with van der Waals surface area (Å²) in [6, 6.07) is -0.138. The van der Waals surface area contributed by atoms with Crippen LogP contribution in [0.25, 0.3) is 10.2 Å². The molecule has 1 atom stereocenters. The summed E-state index contributed by atoms with van der Waals surface area (Å²) in [5, 5.41) is 11.8. The smallest absolute Gasteiger partial charge is 0.265 e. The van der Waals surface area contributed by atoms with Crippen molar-refractivity contribution in [3.63, 3.8) is 0 Å². The molecule has 0 bridgehead atoms. The third-order valence-electron chi connectivity index (χ3n) is 3.67. The average Bonchev–Trinajstić information content (AvgIpc) is 2.78. The molecule has 8 heteroatoms. The molecule has 0 aromatic carbocycles. The van der Waals surface area contributed by atoms with Crippen molar-refractivity contribution in [3.05, 3.63) is 16.1 Å². The Morgan fingerprint density at radius 3 is 2.61 bits per heavy atom. The number of carbonyl (C=O) groups excluding carboxylic acids is 2. The molecule has 124 valence electrons. The highest BCUT2D eigenvalue weighted by Gasteiger charge is 2.23. The zero-order chi connectivity index (χ0) is 17.3. The number of rotatable bonds is 4. The van der Waals surface area contributed by atoms with Crippen LogP contribution in [0.5, 0.6) is 0 Å². The fraction of sp³-hybridized carbons (Fsp3) is 0.467. The van der Waals surface area contributed by atoms with E-state index < -0.39 is 0 Å². The topological polar surface area (TPSA) is 101 Å². The van der Waals surface area contributed by atoms with Crippen LogP contribution in [0, 0.1) is 13.8 Å². The second-order valence-electron chi connectivity index (χ2n) is 5.72. The standard InChI is InChI=1S/C15H21N5O2S/c1-7(17-10(4)21)6-20(5)15(22)13-12(16)11-8(2)9(3)18-19-14(11)23-13/h7H,6,16H2,1-5H3,(H,17,21). The molecule has 0 aliphatic carbocycles. The number of fused-ring (bicyclic) bond motifs is 1. The molecule has 0 fully saturated rings. The first kappa shape index (κ1) is 17.1. The molecule has 2 heterocycles. The normalized spacial score (nSPS) is 12.2. The molecule has 0 aliphatic rings. The van der Waals surface area contributed by atoms with E-state index in [0.29, 0.717) is 21.9 Å². The van der Waals surface area contributed by atoms with Gasteiger partial charge in [0, 0.05) is 31.9 Å². The molecule has 23 heavy (non-hydrogen) atoms. The summed E-state index contributed by atoms with van der Waals surface area (Å²) in [6.45, 7) is 7.48. The SMILES string of the molecule is CC(=O)NC(C)CN(C)C(=O)c1sc2nnc(C)c(C)c2c1N. The van der Waals surface area contributed by atoms with Crippen molar-refractivity contribution < 1.29 is 9.59 Å². The molecule has 2 rings (SSSR count). The van der Waals surface area contributed by atoms with E-state index in [0.717, 1.165) is 16.6 Å². The Labute approximate surface area is 138 Å². The van der Waals surface area contributed by atoms with Crippen molar-refractivity contribution in [1.82, 2.24) is 20.4 Å². The number of nitrogens with two attached hydrogens (primary N) is 1. The van der Waals surface area contributed by atoms with Gasteiger partial charge in [-0.25, -0.2) is 0 Å². The molecule has 2 amide bonds. The molecule has 2 aromatic rings. The minimum Gasteiger partial charge on any atom is -0.397 e. The molecule has 0 spiro atoms. The maximum atomic E-state index is 12.6. The summed E-state index contributed by atoms with van der Waals surface area (Å²) < 4.78 is 0. The molecule has 7 nitrogen and oxygen atoms in total. The van der Waals surface area contributed by atoms with E-state index in [2.05, 4.69) is 15.5 Å². The van der Waals surface area contributed by atoms with Crippen LogP contribution >= 0.6 is 11.3 Å². The zero-order valence-corrected chi connectivity index (χ0v) is 14.7. The molecule has 2 aromatic heterocycles. The summed E-state index contributed by atoms with van der Waals surface area (Å²) in [5.74, 6) is -0.305. The van der Waals surface area contributed by atoms with Gasteiger partial charge in [-0.2, -0.15) is 5.10 Å². The van der Waals surface area contributed by atoms with Crippen LogP contribution in [0.15, 0.2) is 0 Å². The monoisotopic (exact) mass is 335 g/mol. The number of likely N-dealkylation sites (N-methyl/N-ethyl adjacent to an activating group) is 1. The Hall–Kier alpha value is -2.22. The number of carbonyl (C=O) groups is 2. The molecule has 1 unspecified atom stereocenters. The predicted octanol–water partition coefficient (Wildman–Crippen LogP) is 1.49. The van der Waals surface area contributed by atoms with Crippen molar-refractivity contribution >= 4 is 39.1 Å². The summed E-state index contributed by atoms with van der Waals surface area (Å²) in [5.41, 5.74) is 8.37. The fourth-order valence-corrected chi connectivity index (χ4v) is 3.55. The lowest BCUT2D eigenvalue weighted by Crippen LogP contribution is -2.41. The van der Waals surface area contributed by atoms with Crippen molar-refractivity contribution in [2.75, 3.05) is 19.3 Å². The van der Waals surface area contributed by atoms with E-state index in [1.165, 1.54) is 18.3 Å². The number of aryl methyl sites for hydroxylation is 2. The zero-order valence-electron chi connectivity index (χ0n) is 13.9. The first-order chi connectivity index (χ1) is 10.7. The number of nitrogens with zero attached hydrogens (tertiary/aromatic N) is 3. The lowest BCUT2D eigenvalue weighted by atomic mass is 10.1. The van der Waals surface area contributed by atoms with Gasteiger partial charge in [0.25, 0.3) is 5.91 Å². The number of nitrogens with one attached hydrogen (secondary N) is 1. The second kappa shape index (κ2) is 6.49. The van der Waals surface area contributed by atoms with Crippen LogP contribution in [0.1, 0.15) is 34.8 Å². The third kappa shape index (κ3) is 3.42. The van der Waals surface area contributed by atoms with Crippen LogP contribution in [0.3, 0.4) is 0 Å². The van der Waals surface area contributed by atoms with Gasteiger partial charge < -0.3 is 16.0 Å². The van der Waals surface area contributed by atoms with Crippen LogP contribution in [0.4, 0.5) is 5.69 Å². The second-order valence-corrected chi connectivity index (χ2v) is 6.72. The Kier molecular flexibility index (Phi) is 4.84. The number of thiophene rings is 1. The molecule has 0 radical (unpaired) electrons. The van der Waals surface area contributed by atoms with Crippen LogP contribution in [-0.4, -0.2) is 46.5 Å².